The smallest absolute Gasteiger partial charge is 0.185 e. The molecular weight excluding hydrogens is 194 g/mol. The molecule has 1 N–H and O–H groups in total. The molecule has 1 aliphatic carbocycles. The highest BCUT2D eigenvalue weighted by molar-refractivity contribution is 7.15. The Balaban J connectivity index is 2.35. The highest BCUT2D eigenvalue weighted by atomic mass is 32.1. The van der Waals surface area contributed by atoms with Crippen molar-refractivity contribution in [3.05, 3.63) is 10.6 Å². The van der Waals surface area contributed by atoms with Crippen LogP contribution < -0.4 is 10.2 Å². The first kappa shape index (κ1) is 9.93. The number of hydrogen-bond acceptors (Lipinski definition) is 4. The zero-order valence-corrected chi connectivity index (χ0v) is 10.0. The molecule has 1 fully saturated rings. The lowest BCUT2D eigenvalue weighted by atomic mass is 10.2. The topological polar surface area (TPSA) is 28.2 Å². The molecule has 1 heterocycles. The van der Waals surface area contributed by atoms with E-state index in [-0.39, 0.29) is 5.54 Å². The van der Waals surface area contributed by atoms with Crippen LogP contribution in [0.3, 0.4) is 0 Å². The molecule has 0 atom stereocenters. The highest BCUT2D eigenvalue weighted by Gasteiger charge is 2.45. The van der Waals surface area contributed by atoms with Gasteiger partial charge in [0.05, 0.1) is 11.2 Å². The van der Waals surface area contributed by atoms with E-state index in [9.17, 15) is 0 Å². The number of nitrogens with one attached hydrogen (secondary N) is 1. The summed E-state index contributed by atoms with van der Waals surface area (Å²) in [6.45, 7) is 2.11. The number of thiazole rings is 1. The zero-order chi connectivity index (χ0) is 10.3. The van der Waals surface area contributed by atoms with Gasteiger partial charge in [-0.3, -0.25) is 0 Å². The molecule has 3 nitrogen and oxygen atoms in total. The number of nitrogens with zero attached hydrogens (tertiary/aromatic N) is 2. The van der Waals surface area contributed by atoms with Crippen molar-refractivity contribution in [2.45, 2.75) is 25.3 Å². The Bertz CT molecular complexity index is 339. The molecule has 0 radical (unpaired) electrons. The summed E-state index contributed by atoms with van der Waals surface area (Å²) in [6, 6.07) is 0. The van der Waals surface area contributed by atoms with Crippen LogP contribution in [0.1, 0.15) is 23.4 Å². The Morgan fingerprint density at radius 3 is 2.43 bits per heavy atom. The third-order valence-corrected chi connectivity index (χ3v) is 4.36. The largest absolute Gasteiger partial charge is 0.354 e. The molecule has 1 aliphatic rings. The molecule has 78 valence electrons. The maximum absolute atomic E-state index is 4.57. The summed E-state index contributed by atoms with van der Waals surface area (Å²) in [7, 11) is 6.13. The van der Waals surface area contributed by atoms with Crippen LogP contribution in [0, 0.1) is 6.92 Å². The maximum atomic E-state index is 4.57. The molecule has 0 saturated heterocycles. The van der Waals surface area contributed by atoms with Gasteiger partial charge in [-0.15, -0.1) is 0 Å². The first-order valence-corrected chi connectivity index (χ1v) is 5.75. The van der Waals surface area contributed by atoms with E-state index in [1.54, 1.807) is 0 Å². The molecule has 0 bridgehead atoms. The molecule has 2 rings (SSSR count). The zero-order valence-electron chi connectivity index (χ0n) is 9.22. The van der Waals surface area contributed by atoms with Crippen molar-refractivity contribution < 1.29 is 0 Å². The maximum Gasteiger partial charge on any atom is 0.185 e. The molecule has 0 aliphatic heterocycles. The van der Waals surface area contributed by atoms with Crippen LogP contribution in [0.15, 0.2) is 0 Å². The molecule has 4 heteroatoms. The summed E-state index contributed by atoms with van der Waals surface area (Å²) < 4.78 is 0. The third kappa shape index (κ3) is 1.42. The molecule has 1 saturated carbocycles. The molecular formula is C10H17N3S. The van der Waals surface area contributed by atoms with Crippen LogP contribution in [0.5, 0.6) is 0 Å². The van der Waals surface area contributed by atoms with Gasteiger partial charge in [-0.05, 0) is 26.8 Å². The van der Waals surface area contributed by atoms with Gasteiger partial charge in [0.1, 0.15) is 0 Å². The summed E-state index contributed by atoms with van der Waals surface area (Å²) in [5.74, 6) is 0. The van der Waals surface area contributed by atoms with Crippen molar-refractivity contribution in [3.63, 3.8) is 0 Å². The molecule has 0 unspecified atom stereocenters. The Labute approximate surface area is 89.1 Å². The van der Waals surface area contributed by atoms with Crippen LogP contribution in [-0.2, 0) is 5.54 Å². The Morgan fingerprint density at radius 1 is 1.43 bits per heavy atom. The first-order chi connectivity index (χ1) is 6.59. The van der Waals surface area contributed by atoms with Gasteiger partial charge in [-0.25, -0.2) is 4.98 Å². The van der Waals surface area contributed by atoms with E-state index >= 15 is 0 Å². The minimum absolute atomic E-state index is 0.260. The van der Waals surface area contributed by atoms with E-state index in [0.29, 0.717) is 0 Å². The van der Waals surface area contributed by atoms with E-state index in [0.717, 1.165) is 5.13 Å². The number of aromatic nitrogens is 1. The van der Waals surface area contributed by atoms with Crippen molar-refractivity contribution in [1.29, 1.82) is 0 Å². The van der Waals surface area contributed by atoms with Crippen LogP contribution in [0.4, 0.5) is 5.13 Å². The van der Waals surface area contributed by atoms with Crippen LogP contribution in [-0.4, -0.2) is 26.1 Å². The fraction of sp³-hybridized carbons (Fsp3) is 0.700. The lowest BCUT2D eigenvalue weighted by Crippen LogP contribution is -2.24. The van der Waals surface area contributed by atoms with Gasteiger partial charge in [0.2, 0.25) is 0 Å². The number of anilines is 1. The van der Waals surface area contributed by atoms with Crippen molar-refractivity contribution in [1.82, 2.24) is 10.3 Å². The van der Waals surface area contributed by atoms with E-state index in [1.807, 2.05) is 32.5 Å². The summed E-state index contributed by atoms with van der Waals surface area (Å²) in [4.78, 5) is 8.07. The third-order valence-electron chi connectivity index (χ3n) is 2.83. The molecule has 14 heavy (non-hydrogen) atoms. The van der Waals surface area contributed by atoms with E-state index in [1.165, 1.54) is 23.4 Å². The quantitative estimate of drug-likeness (QED) is 0.825. The van der Waals surface area contributed by atoms with E-state index in [4.69, 9.17) is 0 Å². The van der Waals surface area contributed by atoms with Gasteiger partial charge in [0, 0.05) is 19.0 Å². The Kier molecular flexibility index (Phi) is 2.27. The van der Waals surface area contributed by atoms with E-state index < -0.39 is 0 Å². The Hall–Kier alpha value is -0.610. The van der Waals surface area contributed by atoms with E-state index in [2.05, 4.69) is 22.1 Å². The summed E-state index contributed by atoms with van der Waals surface area (Å²) in [5, 5.41) is 4.52. The lowest BCUT2D eigenvalue weighted by molar-refractivity contribution is 0.592. The summed E-state index contributed by atoms with van der Waals surface area (Å²) >= 11 is 1.81. The second-order valence-corrected chi connectivity index (χ2v) is 5.12. The molecule has 0 aromatic carbocycles. The predicted molar refractivity (Wildman–Crippen MR) is 61.1 cm³/mol. The standard InChI is InChI=1S/C10H17N3S/c1-7-8(10(11-2)5-6-10)14-9(12-7)13(3)4/h11H,5-6H2,1-4H3. The van der Waals surface area contributed by atoms with Crippen molar-refractivity contribution >= 4 is 16.5 Å². The highest BCUT2D eigenvalue weighted by Crippen LogP contribution is 2.49. The molecule has 0 amide bonds. The Morgan fingerprint density at radius 2 is 2.07 bits per heavy atom. The second-order valence-electron chi connectivity index (χ2n) is 4.14. The lowest BCUT2D eigenvalue weighted by Gasteiger charge is -2.12. The number of rotatable bonds is 3. The molecule has 0 spiro atoms. The van der Waals surface area contributed by atoms with Crippen LogP contribution in [0.2, 0.25) is 0 Å². The number of aryl methyl sites for hydroxylation is 1. The average Bonchev–Trinajstić information content (AvgIpc) is 2.84. The SMILES string of the molecule is CNC1(c2sc(N(C)C)nc2C)CC1. The fourth-order valence-electron chi connectivity index (χ4n) is 1.73. The monoisotopic (exact) mass is 211 g/mol. The van der Waals surface area contributed by atoms with Gasteiger partial charge in [0.25, 0.3) is 0 Å². The van der Waals surface area contributed by atoms with Crippen molar-refractivity contribution in [3.8, 4) is 0 Å². The minimum Gasteiger partial charge on any atom is -0.354 e. The summed E-state index contributed by atoms with van der Waals surface area (Å²) in [6.07, 6.45) is 2.50. The van der Waals surface area contributed by atoms with Gasteiger partial charge >= 0.3 is 0 Å². The van der Waals surface area contributed by atoms with Gasteiger partial charge in [-0.2, -0.15) is 0 Å². The molecule has 1 aromatic rings. The van der Waals surface area contributed by atoms with Crippen LogP contribution in [0.25, 0.3) is 0 Å². The van der Waals surface area contributed by atoms with Crippen molar-refractivity contribution in [2.24, 2.45) is 0 Å². The van der Waals surface area contributed by atoms with Crippen molar-refractivity contribution in [2.75, 3.05) is 26.0 Å². The second kappa shape index (κ2) is 3.21. The van der Waals surface area contributed by atoms with Gasteiger partial charge < -0.3 is 10.2 Å². The predicted octanol–water partition coefficient (Wildman–Crippen LogP) is 1.73. The normalized spacial score (nSPS) is 18.3. The number of hydrogen-bond donors (Lipinski definition) is 1. The molecule has 1 aromatic heterocycles. The summed E-state index contributed by atoms with van der Waals surface area (Å²) in [5.41, 5.74) is 1.45. The minimum atomic E-state index is 0.260. The van der Waals surface area contributed by atoms with Gasteiger partial charge in [-0.1, -0.05) is 11.3 Å². The van der Waals surface area contributed by atoms with Gasteiger partial charge in [0.15, 0.2) is 5.13 Å². The average molecular weight is 211 g/mol. The first-order valence-electron chi connectivity index (χ1n) is 4.93. The van der Waals surface area contributed by atoms with Crippen LogP contribution >= 0.6 is 11.3 Å². The fourth-order valence-corrected chi connectivity index (χ4v) is 2.98.